The lowest BCUT2D eigenvalue weighted by molar-refractivity contribution is 0.891. The fourth-order valence-corrected chi connectivity index (χ4v) is 2.86. The summed E-state index contributed by atoms with van der Waals surface area (Å²) in [4.78, 5) is 2.61. The van der Waals surface area contributed by atoms with Crippen molar-refractivity contribution in [1.82, 2.24) is 0 Å². The van der Waals surface area contributed by atoms with Crippen LogP contribution in [0.1, 0.15) is 32.5 Å². The van der Waals surface area contributed by atoms with E-state index in [1.807, 2.05) is 0 Å². The van der Waals surface area contributed by atoms with E-state index >= 15 is 0 Å². The van der Waals surface area contributed by atoms with E-state index in [2.05, 4.69) is 51.1 Å². The van der Waals surface area contributed by atoms with Gasteiger partial charge in [0.2, 0.25) is 0 Å². The van der Waals surface area contributed by atoms with Crippen molar-refractivity contribution in [1.29, 1.82) is 0 Å². The maximum absolute atomic E-state index is 6.28. The van der Waals surface area contributed by atoms with Crippen molar-refractivity contribution in [3.63, 3.8) is 0 Å². The molecule has 1 aromatic heterocycles. The van der Waals surface area contributed by atoms with Crippen LogP contribution in [-0.2, 0) is 0 Å². The molecule has 1 unspecified atom stereocenters. The molecule has 0 aliphatic heterocycles. The van der Waals surface area contributed by atoms with Crippen molar-refractivity contribution < 1.29 is 0 Å². The van der Waals surface area contributed by atoms with Crippen LogP contribution < -0.4 is 5.73 Å². The Balaban J connectivity index is 2.35. The van der Waals surface area contributed by atoms with Crippen molar-refractivity contribution in [2.75, 3.05) is 0 Å². The molecule has 1 atom stereocenters. The van der Waals surface area contributed by atoms with Gasteiger partial charge in [-0.15, -0.1) is 11.3 Å². The molecular weight excluding hydrogens is 214 g/mol. The standard InChI is InChI=1S/C14H17NS/c1-9-5-4-6-12(7-9)14(15)13-8-10(2)11(3)16-13/h4-8,14H,15H2,1-3H3. The van der Waals surface area contributed by atoms with Crippen LogP contribution in [0.25, 0.3) is 0 Å². The van der Waals surface area contributed by atoms with Crippen LogP contribution in [0.15, 0.2) is 30.3 Å². The molecule has 0 radical (unpaired) electrons. The Hall–Kier alpha value is -1.12. The molecule has 0 spiro atoms. The highest BCUT2D eigenvalue weighted by Crippen LogP contribution is 2.29. The van der Waals surface area contributed by atoms with Gasteiger partial charge in [0.25, 0.3) is 0 Å². The Morgan fingerprint density at radius 1 is 1.12 bits per heavy atom. The van der Waals surface area contributed by atoms with Crippen LogP contribution in [0.2, 0.25) is 0 Å². The summed E-state index contributed by atoms with van der Waals surface area (Å²) in [5.41, 5.74) is 10.1. The summed E-state index contributed by atoms with van der Waals surface area (Å²) in [6, 6.07) is 10.6. The average molecular weight is 231 g/mol. The third-order valence-corrected chi connectivity index (χ3v) is 4.13. The van der Waals surface area contributed by atoms with Gasteiger partial charge in [0.15, 0.2) is 0 Å². The molecule has 0 aliphatic carbocycles. The first-order valence-corrected chi connectivity index (χ1v) is 6.28. The van der Waals surface area contributed by atoms with Crippen LogP contribution in [0.4, 0.5) is 0 Å². The molecule has 0 aliphatic rings. The zero-order chi connectivity index (χ0) is 11.7. The Kier molecular flexibility index (Phi) is 3.13. The normalized spacial score (nSPS) is 12.8. The molecule has 84 valence electrons. The molecule has 0 saturated heterocycles. The van der Waals surface area contributed by atoms with E-state index in [9.17, 15) is 0 Å². The van der Waals surface area contributed by atoms with Crippen molar-refractivity contribution in [3.8, 4) is 0 Å². The van der Waals surface area contributed by atoms with Gasteiger partial charge in [-0.05, 0) is 38.0 Å². The van der Waals surface area contributed by atoms with Crippen LogP contribution in [0.5, 0.6) is 0 Å². The molecule has 1 heterocycles. The van der Waals surface area contributed by atoms with Gasteiger partial charge in [0.1, 0.15) is 0 Å². The van der Waals surface area contributed by atoms with Gasteiger partial charge < -0.3 is 5.73 Å². The fraction of sp³-hybridized carbons (Fsp3) is 0.286. The average Bonchev–Trinajstić information content (AvgIpc) is 2.58. The van der Waals surface area contributed by atoms with Crippen molar-refractivity contribution in [2.24, 2.45) is 5.73 Å². The van der Waals surface area contributed by atoms with E-state index in [1.54, 1.807) is 11.3 Å². The highest BCUT2D eigenvalue weighted by Gasteiger charge is 2.12. The minimum absolute atomic E-state index is 0.0114. The van der Waals surface area contributed by atoms with E-state index in [-0.39, 0.29) is 6.04 Å². The first-order chi connectivity index (χ1) is 7.58. The molecule has 16 heavy (non-hydrogen) atoms. The Bertz CT molecular complexity index is 480. The van der Waals surface area contributed by atoms with Crippen molar-refractivity contribution in [3.05, 3.63) is 56.8 Å². The number of thiophene rings is 1. The quantitative estimate of drug-likeness (QED) is 0.837. The number of aryl methyl sites for hydroxylation is 3. The van der Waals surface area contributed by atoms with Crippen molar-refractivity contribution in [2.45, 2.75) is 26.8 Å². The van der Waals surface area contributed by atoms with Gasteiger partial charge in [-0.1, -0.05) is 29.8 Å². The highest BCUT2D eigenvalue weighted by molar-refractivity contribution is 7.12. The summed E-state index contributed by atoms with van der Waals surface area (Å²) in [6.45, 7) is 6.38. The first kappa shape index (κ1) is 11.4. The summed E-state index contributed by atoms with van der Waals surface area (Å²) >= 11 is 1.80. The monoisotopic (exact) mass is 231 g/mol. The maximum atomic E-state index is 6.28. The smallest absolute Gasteiger partial charge is 0.0646 e. The van der Waals surface area contributed by atoms with Crippen LogP contribution in [0.3, 0.4) is 0 Å². The summed E-state index contributed by atoms with van der Waals surface area (Å²) < 4.78 is 0. The summed E-state index contributed by atoms with van der Waals surface area (Å²) in [6.07, 6.45) is 0. The van der Waals surface area contributed by atoms with E-state index in [4.69, 9.17) is 5.73 Å². The molecule has 2 rings (SSSR count). The summed E-state index contributed by atoms with van der Waals surface area (Å²) in [5, 5.41) is 0. The Morgan fingerprint density at radius 2 is 1.88 bits per heavy atom. The van der Waals surface area contributed by atoms with E-state index < -0.39 is 0 Å². The summed E-state index contributed by atoms with van der Waals surface area (Å²) in [5.74, 6) is 0. The number of hydrogen-bond donors (Lipinski definition) is 1. The van der Waals surface area contributed by atoms with Crippen LogP contribution in [-0.4, -0.2) is 0 Å². The van der Waals surface area contributed by atoms with Gasteiger partial charge in [-0.2, -0.15) is 0 Å². The summed E-state index contributed by atoms with van der Waals surface area (Å²) in [7, 11) is 0. The van der Waals surface area contributed by atoms with Gasteiger partial charge >= 0.3 is 0 Å². The third-order valence-electron chi connectivity index (χ3n) is 2.89. The first-order valence-electron chi connectivity index (χ1n) is 5.47. The largest absolute Gasteiger partial charge is 0.320 e. The molecule has 0 bridgehead atoms. The van der Waals surface area contributed by atoms with Gasteiger partial charge in [0.05, 0.1) is 6.04 Å². The van der Waals surface area contributed by atoms with Crippen molar-refractivity contribution >= 4 is 11.3 Å². The zero-order valence-electron chi connectivity index (χ0n) is 9.95. The van der Waals surface area contributed by atoms with Gasteiger partial charge in [-0.3, -0.25) is 0 Å². The second-order valence-electron chi connectivity index (χ2n) is 4.28. The second-order valence-corrected chi connectivity index (χ2v) is 5.57. The molecule has 1 aromatic carbocycles. The van der Waals surface area contributed by atoms with Gasteiger partial charge in [-0.25, -0.2) is 0 Å². The molecule has 0 fully saturated rings. The molecule has 0 saturated carbocycles. The molecule has 2 N–H and O–H groups in total. The number of hydrogen-bond acceptors (Lipinski definition) is 2. The predicted molar refractivity (Wildman–Crippen MR) is 71.0 cm³/mol. The predicted octanol–water partition coefficient (Wildman–Crippen LogP) is 3.72. The molecule has 1 nitrogen and oxygen atoms in total. The van der Waals surface area contributed by atoms with E-state index in [0.717, 1.165) is 0 Å². The lowest BCUT2D eigenvalue weighted by Crippen LogP contribution is -2.10. The number of rotatable bonds is 2. The molecular formula is C14H17NS. The molecule has 0 amide bonds. The fourth-order valence-electron chi connectivity index (χ4n) is 1.78. The molecule has 2 aromatic rings. The number of nitrogens with two attached hydrogens (primary N) is 1. The van der Waals surface area contributed by atoms with E-state index in [0.29, 0.717) is 0 Å². The third kappa shape index (κ3) is 2.18. The highest BCUT2D eigenvalue weighted by atomic mass is 32.1. The SMILES string of the molecule is Cc1cccc(C(N)c2cc(C)c(C)s2)c1. The maximum Gasteiger partial charge on any atom is 0.0646 e. The lowest BCUT2D eigenvalue weighted by atomic mass is 10.0. The Morgan fingerprint density at radius 3 is 2.44 bits per heavy atom. The second kappa shape index (κ2) is 4.40. The van der Waals surface area contributed by atoms with Crippen LogP contribution in [0, 0.1) is 20.8 Å². The topological polar surface area (TPSA) is 26.0 Å². The number of benzene rings is 1. The lowest BCUT2D eigenvalue weighted by Gasteiger charge is -2.10. The van der Waals surface area contributed by atoms with Gasteiger partial charge in [0, 0.05) is 9.75 Å². The minimum Gasteiger partial charge on any atom is -0.320 e. The minimum atomic E-state index is 0.0114. The molecule has 2 heteroatoms. The Labute approximate surface area is 101 Å². The van der Waals surface area contributed by atoms with Crippen LogP contribution >= 0.6 is 11.3 Å². The zero-order valence-corrected chi connectivity index (χ0v) is 10.8. The van der Waals surface area contributed by atoms with E-state index in [1.165, 1.54) is 26.4 Å².